The van der Waals surface area contributed by atoms with Gasteiger partial charge in [0.2, 0.25) is 11.7 Å². The first-order chi connectivity index (χ1) is 14.5. The number of Topliss-reactive ketones (excluding diaryl/α,β-unsaturated/α-hetero) is 1. The van der Waals surface area contributed by atoms with Gasteiger partial charge in [-0.25, -0.2) is 4.98 Å². The van der Waals surface area contributed by atoms with E-state index >= 15 is 0 Å². The second kappa shape index (κ2) is 8.49. The molecule has 3 heterocycles. The minimum absolute atomic E-state index is 0.149. The molecule has 30 heavy (non-hydrogen) atoms. The Morgan fingerprint density at radius 2 is 1.80 bits per heavy atom. The van der Waals surface area contributed by atoms with E-state index in [9.17, 15) is 14.4 Å². The number of anilines is 1. The summed E-state index contributed by atoms with van der Waals surface area (Å²) in [5, 5.41) is 9.06. The number of carbonyl (C=O) groups is 3. The van der Waals surface area contributed by atoms with Gasteiger partial charge in [-0.2, -0.15) is 5.10 Å². The highest BCUT2D eigenvalue weighted by molar-refractivity contribution is 6.05. The van der Waals surface area contributed by atoms with Crippen LogP contribution in [0.15, 0.2) is 18.5 Å². The highest BCUT2D eigenvalue weighted by Gasteiger charge is 2.25. The van der Waals surface area contributed by atoms with E-state index in [1.165, 1.54) is 13.3 Å². The van der Waals surface area contributed by atoms with Crippen LogP contribution < -0.4 is 14.8 Å². The summed E-state index contributed by atoms with van der Waals surface area (Å²) < 4.78 is 11.1. The SMILES string of the molecule is CC(=O)c1cc2c(cc1NC(=O)CN1CCN(C(=O)c3ncn[nH]3)CC1)OCCO2. The van der Waals surface area contributed by atoms with Crippen LogP contribution >= 0.6 is 0 Å². The lowest BCUT2D eigenvalue weighted by Gasteiger charge is -2.33. The molecule has 2 aromatic rings. The number of carbonyl (C=O) groups excluding carboxylic acids is 3. The first-order valence-electron chi connectivity index (χ1n) is 9.62. The van der Waals surface area contributed by atoms with Gasteiger partial charge in [-0.05, 0) is 13.0 Å². The Labute approximate surface area is 172 Å². The van der Waals surface area contributed by atoms with Crippen LogP contribution in [0.2, 0.25) is 0 Å². The maximum atomic E-state index is 12.6. The van der Waals surface area contributed by atoms with Gasteiger partial charge in [-0.1, -0.05) is 0 Å². The number of aromatic nitrogens is 3. The van der Waals surface area contributed by atoms with Crippen LogP contribution in [-0.4, -0.2) is 88.5 Å². The van der Waals surface area contributed by atoms with Crippen LogP contribution in [0.5, 0.6) is 11.5 Å². The maximum absolute atomic E-state index is 12.6. The third-order valence-corrected chi connectivity index (χ3v) is 4.98. The molecule has 0 radical (unpaired) electrons. The Morgan fingerprint density at radius 3 is 2.43 bits per heavy atom. The Kier molecular flexibility index (Phi) is 5.61. The number of H-pyrrole nitrogens is 1. The number of nitrogens with zero attached hydrogens (tertiary/aromatic N) is 4. The van der Waals surface area contributed by atoms with Crippen molar-refractivity contribution in [3.8, 4) is 11.5 Å². The molecular weight excluding hydrogens is 392 g/mol. The van der Waals surface area contributed by atoms with E-state index in [1.807, 2.05) is 4.90 Å². The van der Waals surface area contributed by atoms with E-state index < -0.39 is 0 Å². The van der Waals surface area contributed by atoms with Crippen molar-refractivity contribution < 1.29 is 23.9 Å². The number of fused-ring (bicyclic) bond motifs is 1. The lowest BCUT2D eigenvalue weighted by atomic mass is 10.1. The van der Waals surface area contributed by atoms with Gasteiger partial charge in [-0.15, -0.1) is 0 Å². The van der Waals surface area contributed by atoms with E-state index in [1.54, 1.807) is 17.0 Å². The predicted molar refractivity (Wildman–Crippen MR) is 105 cm³/mol. The zero-order valence-corrected chi connectivity index (χ0v) is 16.5. The van der Waals surface area contributed by atoms with Gasteiger partial charge in [0.05, 0.1) is 12.2 Å². The van der Waals surface area contributed by atoms with Crippen LogP contribution in [-0.2, 0) is 4.79 Å². The number of ether oxygens (including phenoxy) is 2. The molecule has 2 aliphatic rings. The molecule has 2 amide bonds. The van der Waals surface area contributed by atoms with E-state index in [4.69, 9.17) is 9.47 Å². The average molecular weight is 414 g/mol. The van der Waals surface area contributed by atoms with Gasteiger partial charge >= 0.3 is 0 Å². The fourth-order valence-corrected chi connectivity index (χ4v) is 3.44. The minimum atomic E-state index is -0.246. The number of hydrogen-bond donors (Lipinski definition) is 2. The molecule has 0 spiro atoms. The van der Waals surface area contributed by atoms with Crippen molar-refractivity contribution in [3.05, 3.63) is 29.8 Å². The van der Waals surface area contributed by atoms with Crippen molar-refractivity contribution in [2.75, 3.05) is 51.3 Å². The standard InChI is InChI=1S/C19H22N6O5/c1-12(26)13-8-15-16(30-7-6-29-15)9-14(13)22-17(27)10-24-2-4-25(5-3-24)19(28)18-20-11-21-23-18/h8-9,11H,2-7,10H2,1H3,(H,22,27)(H,20,21,23). The summed E-state index contributed by atoms with van der Waals surface area (Å²) in [6, 6.07) is 3.22. The Hall–Kier alpha value is -3.47. The van der Waals surface area contributed by atoms with Gasteiger partial charge in [0.15, 0.2) is 17.3 Å². The van der Waals surface area contributed by atoms with Crippen molar-refractivity contribution >= 4 is 23.3 Å². The zero-order chi connectivity index (χ0) is 21.1. The van der Waals surface area contributed by atoms with Crippen LogP contribution in [0.3, 0.4) is 0 Å². The topological polar surface area (TPSA) is 130 Å². The molecule has 4 rings (SSSR count). The fraction of sp³-hybridized carbons (Fsp3) is 0.421. The maximum Gasteiger partial charge on any atom is 0.291 e. The highest BCUT2D eigenvalue weighted by Crippen LogP contribution is 2.35. The number of hydrogen-bond acceptors (Lipinski definition) is 8. The summed E-state index contributed by atoms with van der Waals surface area (Å²) in [5.74, 6) is 0.569. The molecule has 1 aromatic carbocycles. The largest absolute Gasteiger partial charge is 0.486 e. The average Bonchev–Trinajstić information content (AvgIpc) is 3.28. The number of benzene rings is 1. The first-order valence-corrected chi connectivity index (χ1v) is 9.62. The van der Waals surface area contributed by atoms with Gasteiger partial charge in [0.25, 0.3) is 5.91 Å². The molecule has 2 N–H and O–H groups in total. The summed E-state index contributed by atoms with van der Waals surface area (Å²) in [7, 11) is 0. The van der Waals surface area contributed by atoms with Crippen LogP contribution in [0.4, 0.5) is 5.69 Å². The highest BCUT2D eigenvalue weighted by atomic mass is 16.6. The van der Waals surface area contributed by atoms with E-state index in [-0.39, 0.29) is 30.0 Å². The number of rotatable bonds is 5. The number of nitrogens with one attached hydrogen (secondary N) is 2. The predicted octanol–water partition coefficient (Wildman–Crippen LogP) is 0.175. The smallest absolute Gasteiger partial charge is 0.291 e. The number of aromatic amines is 1. The van der Waals surface area contributed by atoms with Gasteiger partial charge < -0.3 is 19.7 Å². The number of piperazine rings is 1. The third kappa shape index (κ3) is 4.25. The second-order valence-corrected chi connectivity index (χ2v) is 7.05. The van der Waals surface area contributed by atoms with Crippen LogP contribution in [0.25, 0.3) is 0 Å². The quantitative estimate of drug-likeness (QED) is 0.663. The molecule has 0 atom stereocenters. The lowest BCUT2D eigenvalue weighted by molar-refractivity contribution is -0.117. The lowest BCUT2D eigenvalue weighted by Crippen LogP contribution is -2.50. The molecule has 158 valence electrons. The molecule has 0 unspecified atom stereocenters. The summed E-state index contributed by atoms with van der Waals surface area (Å²) in [6.45, 7) is 4.48. The third-order valence-electron chi connectivity index (χ3n) is 4.98. The molecule has 11 nitrogen and oxygen atoms in total. The molecule has 0 saturated carbocycles. The minimum Gasteiger partial charge on any atom is -0.486 e. The first kappa shape index (κ1) is 19.8. The second-order valence-electron chi connectivity index (χ2n) is 7.05. The molecule has 0 bridgehead atoms. The van der Waals surface area contributed by atoms with Crippen molar-refractivity contribution in [1.82, 2.24) is 25.0 Å². The Morgan fingerprint density at radius 1 is 1.10 bits per heavy atom. The van der Waals surface area contributed by atoms with Crippen LogP contribution in [0.1, 0.15) is 27.9 Å². The van der Waals surface area contributed by atoms with Crippen molar-refractivity contribution in [3.63, 3.8) is 0 Å². The van der Waals surface area contributed by atoms with Crippen molar-refractivity contribution in [2.24, 2.45) is 0 Å². The molecule has 1 fully saturated rings. The van der Waals surface area contributed by atoms with Gasteiger partial charge in [0, 0.05) is 37.8 Å². The fourth-order valence-electron chi connectivity index (χ4n) is 3.44. The molecular formula is C19H22N6O5. The summed E-state index contributed by atoms with van der Waals surface area (Å²) in [4.78, 5) is 44.4. The van der Waals surface area contributed by atoms with E-state index in [0.717, 1.165) is 0 Å². The van der Waals surface area contributed by atoms with Gasteiger partial charge in [0.1, 0.15) is 19.5 Å². The zero-order valence-electron chi connectivity index (χ0n) is 16.5. The van der Waals surface area contributed by atoms with E-state index in [0.29, 0.717) is 62.1 Å². The molecule has 2 aliphatic heterocycles. The molecule has 1 aromatic heterocycles. The normalized spacial score (nSPS) is 16.2. The summed E-state index contributed by atoms with van der Waals surface area (Å²) >= 11 is 0. The molecule has 11 heteroatoms. The summed E-state index contributed by atoms with van der Waals surface area (Å²) in [5.41, 5.74) is 0.769. The van der Waals surface area contributed by atoms with E-state index in [2.05, 4.69) is 20.5 Å². The van der Waals surface area contributed by atoms with Crippen molar-refractivity contribution in [1.29, 1.82) is 0 Å². The molecule has 0 aliphatic carbocycles. The van der Waals surface area contributed by atoms with Crippen molar-refractivity contribution in [2.45, 2.75) is 6.92 Å². The summed E-state index contributed by atoms with van der Waals surface area (Å²) in [6.07, 6.45) is 1.29. The Bertz CT molecular complexity index is 953. The van der Waals surface area contributed by atoms with Crippen LogP contribution in [0, 0.1) is 0 Å². The number of ketones is 1. The van der Waals surface area contributed by atoms with Gasteiger partial charge in [-0.3, -0.25) is 24.4 Å². The monoisotopic (exact) mass is 414 g/mol. The Balaban J connectivity index is 1.35. The molecule has 1 saturated heterocycles. The number of amides is 2.